The van der Waals surface area contributed by atoms with Crippen molar-refractivity contribution in [2.24, 2.45) is 7.05 Å². The van der Waals surface area contributed by atoms with E-state index in [1.165, 1.54) is 16.3 Å². The summed E-state index contributed by atoms with van der Waals surface area (Å²) in [4.78, 5) is 0. The van der Waals surface area contributed by atoms with Gasteiger partial charge in [-0.2, -0.15) is 5.10 Å². The Balaban J connectivity index is 2.11. The van der Waals surface area contributed by atoms with Crippen molar-refractivity contribution >= 4 is 26.7 Å². The molecule has 4 heteroatoms. The highest BCUT2D eigenvalue weighted by atomic mass is 79.9. The highest BCUT2D eigenvalue weighted by Gasteiger charge is 2.20. The van der Waals surface area contributed by atoms with Crippen molar-refractivity contribution in [1.82, 2.24) is 15.1 Å². The minimum atomic E-state index is 0.126. The lowest BCUT2D eigenvalue weighted by Gasteiger charge is -2.20. The first-order valence-corrected chi connectivity index (χ1v) is 7.89. The molecule has 1 aromatic heterocycles. The first kappa shape index (κ1) is 14.3. The number of fused-ring (bicyclic) bond motifs is 1. The molecule has 1 atom stereocenters. The number of halogens is 1. The average molecular weight is 344 g/mol. The summed E-state index contributed by atoms with van der Waals surface area (Å²) in [7, 11) is 1.98. The van der Waals surface area contributed by atoms with Crippen molar-refractivity contribution in [2.75, 3.05) is 6.54 Å². The largest absolute Gasteiger partial charge is 0.305 e. The van der Waals surface area contributed by atoms with Crippen molar-refractivity contribution in [3.8, 4) is 0 Å². The molecule has 0 amide bonds. The van der Waals surface area contributed by atoms with E-state index in [1.807, 2.05) is 17.9 Å². The lowest BCUT2D eigenvalue weighted by molar-refractivity contribution is 0.571. The molecule has 0 fully saturated rings. The maximum atomic E-state index is 4.34. The van der Waals surface area contributed by atoms with E-state index in [1.54, 1.807) is 0 Å². The van der Waals surface area contributed by atoms with Gasteiger partial charge in [0.1, 0.15) is 0 Å². The third-order valence-electron chi connectivity index (χ3n) is 3.73. The zero-order valence-corrected chi connectivity index (χ0v) is 13.8. The number of nitrogens with one attached hydrogen (secondary N) is 1. The quantitative estimate of drug-likeness (QED) is 0.774. The molecule has 1 N–H and O–H groups in total. The normalized spacial score (nSPS) is 12.7. The fourth-order valence-corrected chi connectivity index (χ4v) is 3.29. The Morgan fingerprint density at radius 1 is 1.19 bits per heavy atom. The molecule has 2 aromatic carbocycles. The number of aromatic nitrogens is 2. The summed E-state index contributed by atoms with van der Waals surface area (Å²) in [5, 5.41) is 10.4. The van der Waals surface area contributed by atoms with Gasteiger partial charge in [0.2, 0.25) is 0 Å². The van der Waals surface area contributed by atoms with Gasteiger partial charge in [-0.05, 0) is 44.9 Å². The molecule has 0 saturated carbocycles. The summed E-state index contributed by atoms with van der Waals surface area (Å²) in [5.74, 6) is 0. The Bertz CT molecular complexity index is 744. The fraction of sp³-hybridized carbons (Fsp3) is 0.235. The van der Waals surface area contributed by atoms with Gasteiger partial charge in [0, 0.05) is 7.05 Å². The van der Waals surface area contributed by atoms with Crippen LogP contribution in [0.4, 0.5) is 0 Å². The number of hydrogen-bond donors (Lipinski definition) is 1. The molecule has 3 rings (SSSR count). The maximum absolute atomic E-state index is 4.34. The summed E-state index contributed by atoms with van der Waals surface area (Å²) in [6, 6.07) is 15.2. The molecule has 1 unspecified atom stereocenters. The van der Waals surface area contributed by atoms with E-state index >= 15 is 0 Å². The minimum Gasteiger partial charge on any atom is -0.305 e. The predicted octanol–water partition coefficient (Wildman–Crippen LogP) is 4.03. The van der Waals surface area contributed by atoms with Crippen LogP contribution in [0.2, 0.25) is 0 Å². The molecule has 108 valence electrons. The fourth-order valence-electron chi connectivity index (χ4n) is 2.71. The standard InChI is InChI=1S/C17H18BrN3/c1-3-19-16(17-15(18)11-20-21(17)2)14-9-8-12-6-4-5-7-13(12)10-14/h4-11,16,19H,3H2,1-2H3. The molecule has 21 heavy (non-hydrogen) atoms. The van der Waals surface area contributed by atoms with Crippen LogP contribution >= 0.6 is 15.9 Å². The smallest absolute Gasteiger partial charge is 0.0759 e. The molecule has 0 aliphatic rings. The third-order valence-corrected chi connectivity index (χ3v) is 4.34. The third kappa shape index (κ3) is 2.74. The zero-order chi connectivity index (χ0) is 14.8. The van der Waals surface area contributed by atoms with Crippen LogP contribution in [-0.2, 0) is 7.05 Å². The Kier molecular flexibility index (Phi) is 4.08. The highest BCUT2D eigenvalue weighted by molar-refractivity contribution is 9.10. The number of rotatable bonds is 4. The van der Waals surface area contributed by atoms with Crippen LogP contribution in [0, 0.1) is 0 Å². The Morgan fingerprint density at radius 3 is 2.62 bits per heavy atom. The lowest BCUT2D eigenvalue weighted by atomic mass is 9.99. The van der Waals surface area contributed by atoms with E-state index in [-0.39, 0.29) is 6.04 Å². The number of nitrogens with zero attached hydrogens (tertiary/aromatic N) is 2. The molecule has 0 spiro atoms. The summed E-state index contributed by atoms with van der Waals surface area (Å²) >= 11 is 3.61. The van der Waals surface area contributed by atoms with Crippen molar-refractivity contribution in [3.63, 3.8) is 0 Å². The van der Waals surface area contributed by atoms with Gasteiger partial charge in [-0.15, -0.1) is 0 Å². The van der Waals surface area contributed by atoms with Gasteiger partial charge in [0.15, 0.2) is 0 Å². The Labute approximate surface area is 133 Å². The van der Waals surface area contributed by atoms with E-state index in [2.05, 4.69) is 75.7 Å². The summed E-state index contributed by atoms with van der Waals surface area (Å²) in [6.45, 7) is 3.02. The highest BCUT2D eigenvalue weighted by Crippen LogP contribution is 2.29. The lowest BCUT2D eigenvalue weighted by Crippen LogP contribution is -2.24. The molecular formula is C17H18BrN3. The average Bonchev–Trinajstić information content (AvgIpc) is 2.84. The van der Waals surface area contributed by atoms with Gasteiger partial charge in [-0.25, -0.2) is 0 Å². The molecule has 0 saturated heterocycles. The summed E-state index contributed by atoms with van der Waals surface area (Å²) in [6.07, 6.45) is 1.85. The number of aryl methyl sites for hydroxylation is 1. The molecule has 0 radical (unpaired) electrons. The van der Waals surface area contributed by atoms with Crippen LogP contribution in [0.15, 0.2) is 53.1 Å². The van der Waals surface area contributed by atoms with Crippen molar-refractivity contribution in [2.45, 2.75) is 13.0 Å². The second-order valence-corrected chi connectivity index (χ2v) is 5.95. The molecule has 3 nitrogen and oxygen atoms in total. The van der Waals surface area contributed by atoms with Crippen LogP contribution in [0.5, 0.6) is 0 Å². The van der Waals surface area contributed by atoms with E-state index in [4.69, 9.17) is 0 Å². The zero-order valence-electron chi connectivity index (χ0n) is 12.2. The predicted molar refractivity (Wildman–Crippen MR) is 90.4 cm³/mol. The van der Waals surface area contributed by atoms with Crippen LogP contribution in [0.1, 0.15) is 24.2 Å². The maximum Gasteiger partial charge on any atom is 0.0759 e. The first-order chi connectivity index (χ1) is 10.2. The van der Waals surface area contributed by atoms with Crippen LogP contribution in [0.25, 0.3) is 10.8 Å². The number of benzene rings is 2. The first-order valence-electron chi connectivity index (χ1n) is 7.10. The van der Waals surface area contributed by atoms with Gasteiger partial charge in [-0.1, -0.05) is 43.3 Å². The van der Waals surface area contributed by atoms with Crippen molar-refractivity contribution in [3.05, 3.63) is 64.4 Å². The van der Waals surface area contributed by atoms with Crippen molar-refractivity contribution in [1.29, 1.82) is 0 Å². The molecule has 3 aromatic rings. The van der Waals surface area contributed by atoms with E-state index in [9.17, 15) is 0 Å². The van der Waals surface area contributed by atoms with Crippen LogP contribution < -0.4 is 5.32 Å². The second kappa shape index (κ2) is 6.00. The monoisotopic (exact) mass is 343 g/mol. The van der Waals surface area contributed by atoms with Crippen LogP contribution in [0.3, 0.4) is 0 Å². The van der Waals surface area contributed by atoms with Gasteiger partial charge in [0.25, 0.3) is 0 Å². The molecule has 0 aliphatic heterocycles. The van der Waals surface area contributed by atoms with E-state index < -0.39 is 0 Å². The Hall–Kier alpha value is -1.65. The second-order valence-electron chi connectivity index (χ2n) is 5.10. The molecule has 1 heterocycles. The minimum absolute atomic E-state index is 0.126. The molecular weight excluding hydrogens is 326 g/mol. The molecule has 0 aliphatic carbocycles. The van der Waals surface area contributed by atoms with Gasteiger partial charge in [0.05, 0.1) is 22.4 Å². The van der Waals surface area contributed by atoms with Crippen molar-refractivity contribution < 1.29 is 0 Å². The van der Waals surface area contributed by atoms with E-state index in [0.717, 1.165) is 16.7 Å². The van der Waals surface area contributed by atoms with E-state index in [0.29, 0.717) is 0 Å². The van der Waals surface area contributed by atoms with Crippen LogP contribution in [-0.4, -0.2) is 16.3 Å². The summed E-state index contributed by atoms with van der Waals surface area (Å²) < 4.78 is 2.95. The number of hydrogen-bond acceptors (Lipinski definition) is 2. The summed E-state index contributed by atoms with van der Waals surface area (Å²) in [5.41, 5.74) is 2.40. The van der Waals surface area contributed by atoms with Gasteiger partial charge < -0.3 is 5.32 Å². The Morgan fingerprint density at radius 2 is 1.95 bits per heavy atom. The SMILES string of the molecule is CCNC(c1ccc2ccccc2c1)c1c(Br)cnn1C. The van der Waals surface area contributed by atoms with Gasteiger partial charge in [-0.3, -0.25) is 4.68 Å². The molecule has 0 bridgehead atoms. The topological polar surface area (TPSA) is 29.9 Å². The van der Waals surface area contributed by atoms with Gasteiger partial charge >= 0.3 is 0 Å².